The predicted octanol–water partition coefficient (Wildman–Crippen LogP) is 5.43. The molecule has 0 amide bonds. The maximum atomic E-state index is 13.8. The quantitative estimate of drug-likeness (QED) is 0.123. The number of phenols is 2. The zero-order valence-electron chi connectivity index (χ0n) is 25.1. The molecule has 0 saturated heterocycles. The van der Waals surface area contributed by atoms with Crippen LogP contribution in [0.1, 0.15) is 36.6 Å². The lowest BCUT2D eigenvalue weighted by molar-refractivity contribution is -0.117. The van der Waals surface area contributed by atoms with E-state index in [1.165, 1.54) is 40.4 Å². The Labute approximate surface area is 255 Å². The molecular weight excluding hydrogens is 576 g/mol. The molecule has 226 valence electrons. The van der Waals surface area contributed by atoms with Crippen LogP contribution in [0.25, 0.3) is 49.2 Å². The number of nitrogens with zero attached hydrogens (tertiary/aromatic N) is 1. The third-order valence-electron chi connectivity index (χ3n) is 8.83. The van der Waals surface area contributed by atoms with E-state index in [9.17, 15) is 24.6 Å². The summed E-state index contributed by atoms with van der Waals surface area (Å²) in [6.07, 6.45) is 3.45. The molecule has 45 heavy (non-hydrogen) atoms. The van der Waals surface area contributed by atoms with Gasteiger partial charge in [-0.15, -0.1) is 0 Å². The van der Waals surface area contributed by atoms with Gasteiger partial charge in [0, 0.05) is 56.4 Å². The maximum absolute atomic E-state index is 13.8. The fraction of sp³-hybridized carbons (Fsp3) is 0.200. The van der Waals surface area contributed by atoms with E-state index in [0.29, 0.717) is 54.7 Å². The number of Topliss-reactive ketones (excluding diaryl/α,β-unsaturated/α-hetero) is 1. The molecule has 1 aliphatic rings. The van der Waals surface area contributed by atoms with Crippen molar-refractivity contribution in [3.63, 3.8) is 0 Å². The van der Waals surface area contributed by atoms with E-state index >= 15 is 0 Å². The van der Waals surface area contributed by atoms with Crippen LogP contribution in [0.3, 0.4) is 0 Å². The number of hydrogen-bond acceptors (Lipinski definition) is 10. The second-order valence-electron chi connectivity index (χ2n) is 11.2. The van der Waals surface area contributed by atoms with Crippen LogP contribution in [-0.4, -0.2) is 42.3 Å². The van der Waals surface area contributed by atoms with Crippen molar-refractivity contribution in [3.8, 4) is 28.7 Å². The molecule has 7 rings (SSSR count). The number of carbonyl (C=O) groups excluding carboxylic acids is 1. The van der Waals surface area contributed by atoms with Crippen molar-refractivity contribution in [2.24, 2.45) is 0 Å². The van der Waals surface area contributed by atoms with Crippen LogP contribution < -0.4 is 30.4 Å². The Morgan fingerprint density at radius 3 is 2.02 bits per heavy atom. The van der Waals surface area contributed by atoms with E-state index in [1.807, 2.05) is 12.1 Å². The Kier molecular flexibility index (Phi) is 6.22. The number of carbonyl (C=O) groups is 1. The first-order valence-electron chi connectivity index (χ1n) is 14.2. The number of ether oxygens (including phenoxy) is 3. The number of benzene rings is 5. The van der Waals surface area contributed by atoms with E-state index in [-0.39, 0.29) is 51.8 Å². The van der Waals surface area contributed by atoms with E-state index in [0.717, 1.165) is 0 Å². The summed E-state index contributed by atoms with van der Waals surface area (Å²) >= 11 is 0. The topological polar surface area (TPSA) is 144 Å². The van der Waals surface area contributed by atoms with Gasteiger partial charge in [-0.3, -0.25) is 19.4 Å². The third kappa shape index (κ3) is 3.68. The first-order valence-corrected chi connectivity index (χ1v) is 14.2. The molecule has 0 spiro atoms. The maximum Gasteiger partial charge on any atom is 0.194 e. The zero-order valence-corrected chi connectivity index (χ0v) is 25.1. The van der Waals surface area contributed by atoms with Crippen LogP contribution in [0.15, 0.2) is 51.7 Å². The van der Waals surface area contributed by atoms with Crippen molar-refractivity contribution in [2.75, 3.05) is 26.6 Å². The number of hydrogen-bond donors (Lipinski definition) is 3. The molecule has 6 aromatic rings. The van der Waals surface area contributed by atoms with Crippen molar-refractivity contribution in [1.29, 1.82) is 0 Å². The molecule has 0 fully saturated rings. The molecule has 1 aromatic heterocycles. The highest BCUT2D eigenvalue weighted by atomic mass is 16.5. The summed E-state index contributed by atoms with van der Waals surface area (Å²) in [5, 5.41) is 29.3. The van der Waals surface area contributed by atoms with Gasteiger partial charge in [-0.2, -0.15) is 0 Å². The number of fused-ring (bicyclic) bond motifs is 1. The number of rotatable bonds is 7. The van der Waals surface area contributed by atoms with Crippen LogP contribution in [0.2, 0.25) is 0 Å². The Hall–Kier alpha value is -5.64. The molecule has 0 bridgehead atoms. The molecule has 1 atom stereocenters. The monoisotopic (exact) mass is 604 g/mol. The van der Waals surface area contributed by atoms with Gasteiger partial charge in [-0.25, -0.2) is 0 Å². The van der Waals surface area contributed by atoms with Gasteiger partial charge >= 0.3 is 0 Å². The van der Waals surface area contributed by atoms with Gasteiger partial charge < -0.3 is 29.7 Å². The molecule has 1 aliphatic carbocycles. The van der Waals surface area contributed by atoms with Crippen molar-refractivity contribution >= 4 is 60.6 Å². The van der Waals surface area contributed by atoms with Crippen molar-refractivity contribution in [2.45, 2.75) is 26.3 Å². The second-order valence-corrected chi connectivity index (χ2v) is 11.2. The third-order valence-corrected chi connectivity index (χ3v) is 8.83. The SMILES string of the molecule is COc1c(O)c2c(=O)cc(OC)c3c4c(OC)cc(=O)c5c(O)c(NCc6ccccn6)c6c(c(c1C(C(C)=O)C(C)=C6)c23)c54. The van der Waals surface area contributed by atoms with Crippen LogP contribution in [0.5, 0.6) is 28.7 Å². The Bertz CT molecular complexity index is 2380. The van der Waals surface area contributed by atoms with Crippen molar-refractivity contribution in [1.82, 2.24) is 4.98 Å². The van der Waals surface area contributed by atoms with Gasteiger partial charge in [0.25, 0.3) is 0 Å². The minimum Gasteiger partial charge on any atom is -0.505 e. The normalized spacial score (nSPS) is 14.3. The fourth-order valence-electron chi connectivity index (χ4n) is 7.13. The molecule has 0 saturated carbocycles. The van der Waals surface area contributed by atoms with E-state index < -0.39 is 22.5 Å². The van der Waals surface area contributed by atoms with Crippen molar-refractivity contribution in [3.05, 3.63) is 79.4 Å². The minimum absolute atomic E-state index is 0.0189. The largest absolute Gasteiger partial charge is 0.505 e. The van der Waals surface area contributed by atoms with Crippen LogP contribution in [0.4, 0.5) is 5.69 Å². The van der Waals surface area contributed by atoms with Gasteiger partial charge in [0.1, 0.15) is 17.3 Å². The molecular formula is C35H28N2O8. The average molecular weight is 605 g/mol. The number of phenolic OH excluding ortho intramolecular Hbond substituents is 2. The summed E-state index contributed by atoms with van der Waals surface area (Å²) in [5.74, 6) is -1.48. The summed E-state index contributed by atoms with van der Waals surface area (Å²) in [4.78, 5) is 45.4. The van der Waals surface area contributed by atoms with Crippen LogP contribution in [-0.2, 0) is 11.3 Å². The molecule has 0 radical (unpaired) electrons. The molecule has 5 aromatic carbocycles. The number of allylic oxidation sites excluding steroid dienone is 1. The zero-order chi connectivity index (χ0) is 31.9. The van der Waals surface area contributed by atoms with E-state index in [2.05, 4.69) is 10.3 Å². The van der Waals surface area contributed by atoms with E-state index in [1.54, 1.807) is 25.3 Å². The number of pyridine rings is 1. The number of aromatic nitrogens is 1. The fourth-order valence-corrected chi connectivity index (χ4v) is 7.13. The van der Waals surface area contributed by atoms with Crippen molar-refractivity contribution < 1.29 is 29.2 Å². The molecule has 10 nitrogen and oxygen atoms in total. The summed E-state index contributed by atoms with van der Waals surface area (Å²) in [6.45, 7) is 3.44. The van der Waals surface area contributed by atoms with Crippen LogP contribution in [0, 0.1) is 0 Å². The highest BCUT2D eigenvalue weighted by Crippen LogP contribution is 2.58. The first kappa shape index (κ1) is 28.1. The average Bonchev–Trinajstić information content (AvgIpc) is 3.15. The van der Waals surface area contributed by atoms with Gasteiger partial charge in [-0.1, -0.05) is 17.7 Å². The molecule has 3 N–H and O–H groups in total. The smallest absolute Gasteiger partial charge is 0.194 e. The van der Waals surface area contributed by atoms with Gasteiger partial charge in [-0.05, 0) is 31.4 Å². The highest BCUT2D eigenvalue weighted by molar-refractivity contribution is 6.40. The standard InChI is InChI=1S/C35H28N2O8/c1-14-10-17-23-28-24(33(41)32(17)37-13-16-8-6-7-9-36-16)18(39)11-20(43-3)26(28)27-21(44-4)12-19(40)25-30(27)29(23)31(22(14)15(2)38)35(45-5)34(25)42/h6-12,22,37,41-42H,13H2,1-5H3. The number of aromatic hydroxyl groups is 2. The Balaban J connectivity index is 1.86. The van der Waals surface area contributed by atoms with Gasteiger partial charge in [0.05, 0.1) is 55.9 Å². The number of methoxy groups -OCH3 is 3. The van der Waals surface area contributed by atoms with Crippen LogP contribution >= 0.6 is 0 Å². The summed E-state index contributed by atoms with van der Waals surface area (Å²) in [7, 11) is 4.20. The minimum atomic E-state index is -0.897. The Morgan fingerprint density at radius 1 is 0.844 bits per heavy atom. The molecule has 1 heterocycles. The van der Waals surface area contributed by atoms with Gasteiger partial charge in [0.2, 0.25) is 0 Å². The Morgan fingerprint density at radius 2 is 1.47 bits per heavy atom. The molecule has 10 heteroatoms. The number of nitrogens with one attached hydrogen (secondary N) is 1. The lowest BCUT2D eigenvalue weighted by atomic mass is 9.80. The summed E-state index contributed by atoms with van der Waals surface area (Å²) in [5.41, 5.74) is 1.35. The summed E-state index contributed by atoms with van der Waals surface area (Å²) in [6, 6.07) is 8.01. The first-order chi connectivity index (χ1) is 21.6. The second kappa shape index (κ2) is 9.95. The predicted molar refractivity (Wildman–Crippen MR) is 173 cm³/mol. The number of ketones is 1. The van der Waals surface area contributed by atoms with Gasteiger partial charge in [0.15, 0.2) is 28.1 Å². The molecule has 1 unspecified atom stereocenters. The molecule has 0 aliphatic heterocycles. The summed E-state index contributed by atoms with van der Waals surface area (Å²) < 4.78 is 17.2. The number of anilines is 1. The van der Waals surface area contributed by atoms with E-state index in [4.69, 9.17) is 14.2 Å². The lowest BCUT2D eigenvalue weighted by Crippen LogP contribution is -2.14. The lowest BCUT2D eigenvalue weighted by Gasteiger charge is -2.25. The highest BCUT2D eigenvalue weighted by Gasteiger charge is 2.37.